The molecule has 0 saturated heterocycles. The summed E-state index contributed by atoms with van der Waals surface area (Å²) in [7, 11) is 1.57. The van der Waals surface area contributed by atoms with Crippen LogP contribution in [0.25, 0.3) is 0 Å². The van der Waals surface area contributed by atoms with Crippen molar-refractivity contribution >= 4 is 52.5 Å². The Hall–Kier alpha value is -4.44. The number of hydrogen-bond acceptors (Lipinski definition) is 7. The fraction of sp³-hybridized carbons (Fsp3) is 0.147. The standard InChI is InChI=1S/C34H29Cl2N5O3S/c1-21-30(32(42)38-28-16-7-8-17-29(28)43-2)31(22-12-9-13-25(18-22)44-19-23-10-3-5-14-26(23)35)41-33(37-21)39-34(40-41)45-20-24-11-4-6-15-27(24)36/h3-18,31H,19-20H2,1-2H3,(H,38,42)(H,37,39,40). The molecule has 1 amide bonds. The molecule has 5 aromatic rings. The second-order valence-corrected chi connectivity index (χ2v) is 12.0. The molecule has 0 spiro atoms. The smallest absolute Gasteiger partial charge is 0.255 e. The van der Waals surface area contributed by atoms with E-state index in [1.165, 1.54) is 11.8 Å². The van der Waals surface area contributed by atoms with Crippen molar-refractivity contribution in [3.8, 4) is 11.5 Å². The molecule has 1 atom stereocenters. The van der Waals surface area contributed by atoms with E-state index >= 15 is 0 Å². The molecule has 228 valence electrons. The molecular formula is C34H29Cl2N5O3S. The minimum Gasteiger partial charge on any atom is -0.495 e. The van der Waals surface area contributed by atoms with E-state index in [1.54, 1.807) is 23.9 Å². The molecule has 2 heterocycles. The van der Waals surface area contributed by atoms with Gasteiger partial charge in [0.2, 0.25) is 11.1 Å². The molecule has 0 saturated carbocycles. The van der Waals surface area contributed by atoms with Gasteiger partial charge in [-0.1, -0.05) is 95.6 Å². The van der Waals surface area contributed by atoms with E-state index in [1.807, 2.05) is 91.9 Å². The zero-order chi connectivity index (χ0) is 31.3. The lowest BCUT2D eigenvalue weighted by molar-refractivity contribution is -0.113. The van der Waals surface area contributed by atoms with Crippen molar-refractivity contribution in [1.82, 2.24) is 14.8 Å². The van der Waals surface area contributed by atoms with Crippen molar-refractivity contribution in [3.05, 3.63) is 135 Å². The Morgan fingerprint density at radius 2 is 1.67 bits per heavy atom. The minimum atomic E-state index is -0.609. The van der Waals surface area contributed by atoms with Crippen molar-refractivity contribution in [2.45, 2.75) is 30.5 Å². The van der Waals surface area contributed by atoms with Crippen molar-refractivity contribution in [2.24, 2.45) is 0 Å². The third-order valence-electron chi connectivity index (χ3n) is 7.27. The number of allylic oxidation sites excluding steroid dienone is 1. The van der Waals surface area contributed by atoms with Gasteiger partial charge in [-0.05, 0) is 54.4 Å². The summed E-state index contributed by atoms with van der Waals surface area (Å²) in [6.07, 6.45) is 0. The zero-order valence-corrected chi connectivity index (χ0v) is 26.8. The average molecular weight is 659 g/mol. The van der Waals surface area contributed by atoms with Crippen molar-refractivity contribution in [2.75, 3.05) is 17.7 Å². The van der Waals surface area contributed by atoms with Gasteiger partial charge in [0.15, 0.2) is 0 Å². The van der Waals surface area contributed by atoms with E-state index in [9.17, 15) is 4.79 Å². The van der Waals surface area contributed by atoms with Crippen LogP contribution in [0.1, 0.15) is 29.7 Å². The van der Waals surface area contributed by atoms with E-state index in [-0.39, 0.29) is 5.91 Å². The van der Waals surface area contributed by atoms with E-state index in [2.05, 4.69) is 10.6 Å². The predicted molar refractivity (Wildman–Crippen MR) is 179 cm³/mol. The maximum Gasteiger partial charge on any atom is 0.255 e. The van der Waals surface area contributed by atoms with Crippen LogP contribution < -0.4 is 20.1 Å². The molecular weight excluding hydrogens is 629 g/mol. The highest BCUT2D eigenvalue weighted by Crippen LogP contribution is 2.39. The lowest BCUT2D eigenvalue weighted by atomic mass is 9.94. The molecule has 1 unspecified atom stereocenters. The van der Waals surface area contributed by atoms with Gasteiger partial charge in [-0.3, -0.25) is 4.79 Å². The molecule has 0 bridgehead atoms. The fourth-order valence-electron chi connectivity index (χ4n) is 5.04. The minimum absolute atomic E-state index is 0.294. The van der Waals surface area contributed by atoms with Gasteiger partial charge in [-0.15, -0.1) is 5.10 Å². The molecule has 1 aliphatic rings. The van der Waals surface area contributed by atoms with Crippen LogP contribution in [-0.4, -0.2) is 27.8 Å². The van der Waals surface area contributed by atoms with Gasteiger partial charge in [0, 0.05) is 27.1 Å². The second kappa shape index (κ2) is 13.7. The highest BCUT2D eigenvalue weighted by Gasteiger charge is 2.35. The summed E-state index contributed by atoms with van der Waals surface area (Å²) >= 11 is 14.2. The van der Waals surface area contributed by atoms with E-state index < -0.39 is 6.04 Å². The predicted octanol–water partition coefficient (Wildman–Crippen LogP) is 8.39. The summed E-state index contributed by atoms with van der Waals surface area (Å²) < 4.78 is 13.4. The van der Waals surface area contributed by atoms with Gasteiger partial charge >= 0.3 is 0 Å². The lowest BCUT2D eigenvalue weighted by Gasteiger charge is -2.29. The number of nitrogens with one attached hydrogen (secondary N) is 2. The largest absolute Gasteiger partial charge is 0.495 e. The number of carbonyl (C=O) groups excluding carboxylic acids is 1. The molecule has 11 heteroatoms. The number of rotatable bonds is 10. The van der Waals surface area contributed by atoms with Crippen molar-refractivity contribution < 1.29 is 14.3 Å². The van der Waals surface area contributed by atoms with Crippen LogP contribution in [0.5, 0.6) is 11.5 Å². The Morgan fingerprint density at radius 3 is 2.42 bits per heavy atom. The Bertz CT molecular complexity index is 1890. The Kier molecular flexibility index (Phi) is 9.30. The first kappa shape index (κ1) is 30.6. The van der Waals surface area contributed by atoms with Crippen LogP contribution in [0.2, 0.25) is 10.0 Å². The normalized spacial score (nSPS) is 14.0. The van der Waals surface area contributed by atoms with E-state index in [0.717, 1.165) is 16.7 Å². The third kappa shape index (κ3) is 6.81. The number of halogens is 2. The second-order valence-electron chi connectivity index (χ2n) is 10.2. The number of carbonyl (C=O) groups is 1. The number of para-hydroxylation sites is 2. The van der Waals surface area contributed by atoms with Gasteiger partial charge in [-0.2, -0.15) is 4.98 Å². The molecule has 1 aliphatic heterocycles. The first-order valence-electron chi connectivity index (χ1n) is 14.1. The number of methoxy groups -OCH3 is 1. The Morgan fingerprint density at radius 1 is 0.956 bits per heavy atom. The summed E-state index contributed by atoms with van der Waals surface area (Å²) in [4.78, 5) is 18.8. The molecule has 6 rings (SSSR count). The van der Waals surface area contributed by atoms with Crippen LogP contribution in [-0.2, 0) is 17.2 Å². The molecule has 4 aromatic carbocycles. The van der Waals surface area contributed by atoms with Crippen LogP contribution in [0.15, 0.2) is 113 Å². The Balaban J connectivity index is 1.35. The van der Waals surface area contributed by atoms with Gasteiger partial charge < -0.3 is 20.1 Å². The molecule has 8 nitrogen and oxygen atoms in total. The van der Waals surface area contributed by atoms with E-state index in [0.29, 0.717) is 62.0 Å². The maximum absolute atomic E-state index is 14.0. The zero-order valence-electron chi connectivity index (χ0n) is 24.5. The van der Waals surface area contributed by atoms with Crippen LogP contribution in [0, 0.1) is 0 Å². The monoisotopic (exact) mass is 657 g/mol. The van der Waals surface area contributed by atoms with Crippen LogP contribution in [0.4, 0.5) is 11.6 Å². The van der Waals surface area contributed by atoms with Gasteiger partial charge in [0.25, 0.3) is 5.91 Å². The summed E-state index contributed by atoms with van der Waals surface area (Å²) in [5.74, 6) is 1.99. The lowest BCUT2D eigenvalue weighted by Crippen LogP contribution is -2.31. The van der Waals surface area contributed by atoms with Crippen molar-refractivity contribution in [3.63, 3.8) is 0 Å². The third-order valence-corrected chi connectivity index (χ3v) is 8.90. The van der Waals surface area contributed by atoms with Gasteiger partial charge in [0.05, 0.1) is 18.4 Å². The Labute approximate surface area is 275 Å². The maximum atomic E-state index is 14.0. The SMILES string of the molecule is COc1ccccc1NC(=O)C1=C(C)Nc2nc(SCc3ccccc3Cl)nn2C1c1cccc(OCc2ccccc2Cl)c1. The van der Waals surface area contributed by atoms with Gasteiger partial charge in [-0.25, -0.2) is 4.68 Å². The van der Waals surface area contributed by atoms with E-state index in [4.69, 9.17) is 42.8 Å². The molecule has 0 radical (unpaired) electrons. The summed E-state index contributed by atoms with van der Waals surface area (Å²) in [6.45, 7) is 2.15. The fourth-order valence-corrected chi connectivity index (χ4v) is 6.35. The molecule has 45 heavy (non-hydrogen) atoms. The first-order valence-corrected chi connectivity index (χ1v) is 15.9. The highest BCUT2D eigenvalue weighted by atomic mass is 35.5. The summed E-state index contributed by atoms with van der Waals surface area (Å²) in [6, 6.07) is 29.6. The number of aromatic nitrogens is 3. The molecule has 0 fully saturated rings. The number of benzene rings is 4. The molecule has 1 aromatic heterocycles. The number of fused-ring (bicyclic) bond motifs is 1. The molecule has 2 N–H and O–H groups in total. The van der Waals surface area contributed by atoms with Crippen LogP contribution in [0.3, 0.4) is 0 Å². The van der Waals surface area contributed by atoms with Crippen molar-refractivity contribution in [1.29, 1.82) is 0 Å². The highest BCUT2D eigenvalue weighted by molar-refractivity contribution is 7.98. The number of nitrogens with zero attached hydrogens (tertiary/aromatic N) is 3. The topological polar surface area (TPSA) is 90.3 Å². The number of thioether (sulfide) groups is 1. The summed E-state index contributed by atoms with van der Waals surface area (Å²) in [5, 5.41) is 13.1. The number of ether oxygens (including phenoxy) is 2. The molecule has 0 aliphatic carbocycles. The number of anilines is 2. The number of amides is 1. The first-order chi connectivity index (χ1) is 21.9. The summed E-state index contributed by atoms with van der Waals surface area (Å²) in [5.41, 5.74) is 4.34. The van der Waals surface area contributed by atoms with Crippen LogP contribution >= 0.6 is 35.0 Å². The quantitative estimate of drug-likeness (QED) is 0.146. The average Bonchev–Trinajstić information content (AvgIpc) is 3.46. The number of hydrogen-bond donors (Lipinski definition) is 2. The van der Waals surface area contributed by atoms with Gasteiger partial charge in [0.1, 0.15) is 24.1 Å².